The lowest BCUT2D eigenvalue weighted by atomic mass is 9.98. The molecule has 0 radical (unpaired) electrons. The van der Waals surface area contributed by atoms with Crippen molar-refractivity contribution in [1.82, 2.24) is 0 Å². The lowest BCUT2D eigenvalue weighted by Crippen LogP contribution is -2.61. The molecule has 2 saturated heterocycles. The van der Waals surface area contributed by atoms with Gasteiger partial charge in [-0.1, -0.05) is 0 Å². The lowest BCUT2D eigenvalue weighted by molar-refractivity contribution is -0.318. The fourth-order valence-corrected chi connectivity index (χ4v) is 5.07. The summed E-state index contributed by atoms with van der Waals surface area (Å²) in [6.07, 6.45) is -16.2. The molecule has 2 aliphatic rings. The summed E-state index contributed by atoms with van der Waals surface area (Å²) >= 11 is 0. The minimum atomic E-state index is -1.97. The van der Waals surface area contributed by atoms with Crippen molar-refractivity contribution in [1.29, 1.82) is 0 Å². The van der Waals surface area contributed by atoms with E-state index in [1.807, 2.05) is 0 Å². The largest absolute Gasteiger partial charge is 0.507 e. The van der Waals surface area contributed by atoms with Gasteiger partial charge in [0, 0.05) is 17.7 Å². The molecular formula is C29H34O17. The van der Waals surface area contributed by atoms with Gasteiger partial charge in [0.2, 0.25) is 17.5 Å². The predicted molar refractivity (Wildman–Crippen MR) is 151 cm³/mol. The Bertz CT molecular complexity index is 1590. The first-order chi connectivity index (χ1) is 21.8. The maximum Gasteiger partial charge on any atom is 0.239 e. The number of phenolic OH excluding ortho intramolecular Hbond substituents is 3. The zero-order valence-corrected chi connectivity index (χ0v) is 24.1. The third-order valence-corrected chi connectivity index (χ3v) is 7.64. The van der Waals surface area contributed by atoms with E-state index in [2.05, 4.69) is 0 Å². The van der Waals surface area contributed by atoms with Gasteiger partial charge in [-0.05, 0) is 25.1 Å². The van der Waals surface area contributed by atoms with E-state index < -0.39 is 102 Å². The van der Waals surface area contributed by atoms with E-state index in [1.165, 1.54) is 19.1 Å². The summed E-state index contributed by atoms with van der Waals surface area (Å²) in [5.74, 6) is -2.73. The van der Waals surface area contributed by atoms with Crippen LogP contribution in [-0.2, 0) is 14.2 Å². The fraction of sp³-hybridized carbons (Fsp3) is 0.483. The van der Waals surface area contributed by atoms with E-state index in [0.29, 0.717) is 0 Å². The van der Waals surface area contributed by atoms with Crippen LogP contribution in [0, 0.1) is 0 Å². The normalized spacial score (nSPS) is 31.6. The molecule has 0 amide bonds. The number of aromatic hydroxyl groups is 3. The molecule has 0 spiro atoms. The number of benzene rings is 2. The molecule has 0 saturated carbocycles. The van der Waals surface area contributed by atoms with Gasteiger partial charge in [0.15, 0.2) is 23.5 Å². The van der Waals surface area contributed by atoms with Crippen LogP contribution >= 0.6 is 0 Å². The number of phenols is 3. The fourth-order valence-electron chi connectivity index (χ4n) is 5.07. The van der Waals surface area contributed by atoms with Crippen molar-refractivity contribution in [3.05, 3.63) is 40.6 Å². The van der Waals surface area contributed by atoms with Crippen LogP contribution in [0.1, 0.15) is 6.92 Å². The van der Waals surface area contributed by atoms with Crippen LogP contribution in [0.25, 0.3) is 22.3 Å². The summed E-state index contributed by atoms with van der Waals surface area (Å²) in [5.41, 5.74) is -1.23. The molecule has 17 nitrogen and oxygen atoms in total. The Morgan fingerprint density at radius 1 is 0.783 bits per heavy atom. The van der Waals surface area contributed by atoms with E-state index in [9.17, 15) is 50.8 Å². The number of aliphatic hydroxyl groups excluding tert-OH is 7. The summed E-state index contributed by atoms with van der Waals surface area (Å²) in [5, 5.41) is 101. The second-order valence-electron chi connectivity index (χ2n) is 10.8. The third-order valence-electron chi connectivity index (χ3n) is 7.64. The summed E-state index contributed by atoms with van der Waals surface area (Å²) in [7, 11) is 0. The maximum atomic E-state index is 13.8. The average Bonchev–Trinajstić information content (AvgIpc) is 3.02. The molecule has 3 aromatic rings. The van der Waals surface area contributed by atoms with Gasteiger partial charge in [-0.2, -0.15) is 0 Å². The zero-order chi connectivity index (χ0) is 33.4. The molecule has 2 aliphatic heterocycles. The zero-order valence-electron chi connectivity index (χ0n) is 24.1. The van der Waals surface area contributed by atoms with Gasteiger partial charge in [-0.3, -0.25) is 4.79 Å². The van der Waals surface area contributed by atoms with Gasteiger partial charge in [-0.15, -0.1) is 0 Å². The van der Waals surface area contributed by atoms with E-state index in [1.54, 1.807) is 0 Å². The number of hydrogen-bond donors (Lipinski definition) is 10. The number of fused-ring (bicyclic) bond motifs is 1. The smallest absolute Gasteiger partial charge is 0.239 e. The molecule has 2 aromatic carbocycles. The van der Waals surface area contributed by atoms with Gasteiger partial charge in [0.1, 0.15) is 71.8 Å². The van der Waals surface area contributed by atoms with Crippen LogP contribution in [0.4, 0.5) is 0 Å². The minimum absolute atomic E-state index is 0.0189. The van der Waals surface area contributed by atoms with Crippen molar-refractivity contribution in [3.8, 4) is 40.1 Å². The highest BCUT2D eigenvalue weighted by Crippen LogP contribution is 2.39. The maximum absolute atomic E-state index is 13.8. The summed E-state index contributed by atoms with van der Waals surface area (Å²) in [4.78, 5) is 13.8. The first kappa shape index (κ1) is 33.6. The molecule has 0 bridgehead atoms. The summed E-state index contributed by atoms with van der Waals surface area (Å²) in [6.45, 7) is 0.332. The van der Waals surface area contributed by atoms with Gasteiger partial charge in [-0.25, -0.2) is 0 Å². The molecular weight excluding hydrogens is 620 g/mol. The number of hydrogen-bond acceptors (Lipinski definition) is 17. The summed E-state index contributed by atoms with van der Waals surface area (Å²) in [6, 6.07) is 5.72. The highest BCUT2D eigenvalue weighted by atomic mass is 16.7. The van der Waals surface area contributed by atoms with Crippen molar-refractivity contribution < 1.29 is 79.2 Å². The lowest BCUT2D eigenvalue weighted by Gasteiger charge is -2.42. The number of rotatable bonds is 9. The standard InChI is InChI=1S/C29H34O17/c1-10-19(34)22(37)24(39)28(43-10)42-9-17-20(35)23(38)25(40)29(45-17)46-27-21(36)18-15(33)7-12(41-5-4-30)8-16(18)44-26(27)11-2-3-13(31)14(32)6-11/h2-3,6-8,10,17,19-20,22-25,28-35,37-40H,4-5,9H2,1H3/t10?,17?,19-,20+,22-,23+,24?,25?,28+,29-/m0/s1. The van der Waals surface area contributed by atoms with Gasteiger partial charge >= 0.3 is 0 Å². The van der Waals surface area contributed by atoms with Crippen molar-refractivity contribution >= 4 is 11.0 Å². The Hall–Kier alpha value is -3.75. The molecule has 2 fully saturated rings. The second kappa shape index (κ2) is 13.5. The molecule has 46 heavy (non-hydrogen) atoms. The number of ether oxygens (including phenoxy) is 5. The molecule has 252 valence electrons. The highest BCUT2D eigenvalue weighted by molar-refractivity contribution is 5.88. The molecule has 10 atom stereocenters. The molecule has 17 heteroatoms. The van der Waals surface area contributed by atoms with E-state index >= 15 is 0 Å². The van der Waals surface area contributed by atoms with Crippen LogP contribution in [0.2, 0.25) is 0 Å². The monoisotopic (exact) mass is 654 g/mol. The molecule has 3 heterocycles. The van der Waals surface area contributed by atoms with E-state index in [0.717, 1.165) is 18.2 Å². The van der Waals surface area contributed by atoms with Crippen molar-refractivity contribution in [2.45, 2.75) is 68.3 Å². The van der Waals surface area contributed by atoms with Crippen molar-refractivity contribution in [3.63, 3.8) is 0 Å². The Morgan fingerprint density at radius 3 is 2.17 bits per heavy atom. The Balaban J connectivity index is 1.49. The molecule has 5 rings (SSSR count). The number of aliphatic hydroxyl groups is 7. The van der Waals surface area contributed by atoms with Crippen molar-refractivity contribution in [2.24, 2.45) is 0 Å². The van der Waals surface area contributed by atoms with Crippen molar-refractivity contribution in [2.75, 3.05) is 19.8 Å². The average molecular weight is 655 g/mol. The highest BCUT2D eigenvalue weighted by Gasteiger charge is 2.48. The first-order valence-electron chi connectivity index (χ1n) is 14.1. The topological polar surface area (TPSA) is 279 Å². The van der Waals surface area contributed by atoms with Crippen LogP contribution in [0.15, 0.2) is 39.5 Å². The van der Waals surface area contributed by atoms with Crippen LogP contribution in [0.5, 0.6) is 28.7 Å². The van der Waals surface area contributed by atoms with Gasteiger partial charge in [0.25, 0.3) is 0 Å². The van der Waals surface area contributed by atoms with Crippen LogP contribution in [-0.4, -0.2) is 132 Å². The van der Waals surface area contributed by atoms with Crippen LogP contribution in [0.3, 0.4) is 0 Å². The predicted octanol–water partition coefficient (Wildman–Crippen LogP) is -2.02. The summed E-state index contributed by atoms with van der Waals surface area (Å²) < 4.78 is 33.4. The SMILES string of the molecule is CC1O[C@@H](OCC2O[C@@H](Oc3c(-c4ccc(O)c(O)c4)oc4cc(OCCO)cc(O)c4c3=O)C(O)[C@H](O)[C@@H]2O)C(O)[C@@H](O)[C@H]1O. The minimum Gasteiger partial charge on any atom is -0.507 e. The van der Waals surface area contributed by atoms with Gasteiger partial charge in [0.05, 0.1) is 19.3 Å². The Kier molecular flexibility index (Phi) is 9.89. The second-order valence-corrected chi connectivity index (χ2v) is 10.8. The van der Waals surface area contributed by atoms with Gasteiger partial charge < -0.3 is 79.2 Å². The quantitative estimate of drug-likeness (QED) is 0.111. The Labute approximate surface area is 259 Å². The molecule has 1 aromatic heterocycles. The van der Waals surface area contributed by atoms with Crippen LogP contribution < -0.4 is 14.9 Å². The Morgan fingerprint density at radius 2 is 1.48 bits per heavy atom. The molecule has 10 N–H and O–H groups in total. The van der Waals surface area contributed by atoms with E-state index in [4.69, 9.17) is 33.2 Å². The van der Waals surface area contributed by atoms with E-state index in [-0.39, 0.29) is 35.9 Å². The molecule has 0 aliphatic carbocycles. The first-order valence-corrected chi connectivity index (χ1v) is 14.1. The molecule has 4 unspecified atom stereocenters. The third kappa shape index (κ3) is 6.42.